The van der Waals surface area contributed by atoms with Crippen LogP contribution in [0.1, 0.15) is 25.5 Å². The van der Waals surface area contributed by atoms with Gasteiger partial charge in [0.25, 0.3) is 0 Å². The van der Waals surface area contributed by atoms with Crippen LogP contribution in [-0.4, -0.2) is 22.5 Å². The molecule has 1 aromatic carbocycles. The van der Waals surface area contributed by atoms with Crippen molar-refractivity contribution in [1.82, 2.24) is 9.78 Å². The van der Waals surface area contributed by atoms with Crippen molar-refractivity contribution in [2.45, 2.75) is 25.9 Å². The first kappa shape index (κ1) is 16.1. The van der Waals surface area contributed by atoms with Gasteiger partial charge in [-0.05, 0) is 12.0 Å². The molecule has 0 spiro atoms. The molecule has 0 atom stereocenters. The van der Waals surface area contributed by atoms with E-state index in [4.69, 9.17) is 4.74 Å². The molecule has 118 valence electrons. The van der Waals surface area contributed by atoms with Gasteiger partial charge in [0.2, 0.25) is 0 Å². The normalized spacial score (nSPS) is 11.5. The Morgan fingerprint density at radius 3 is 2.55 bits per heavy atom. The number of unbranched alkanes of at least 4 members (excludes halogenated alkanes) is 1. The molecule has 0 amide bonds. The van der Waals surface area contributed by atoms with Gasteiger partial charge >= 0.3 is 12.3 Å². The lowest BCUT2D eigenvalue weighted by Crippen LogP contribution is -2.16. The van der Waals surface area contributed by atoms with Crippen LogP contribution in [0.4, 0.5) is 18.0 Å². The van der Waals surface area contributed by atoms with Crippen LogP contribution in [0.15, 0.2) is 36.5 Å². The fourth-order valence-electron chi connectivity index (χ4n) is 1.88. The van der Waals surface area contributed by atoms with Gasteiger partial charge in [-0.2, -0.15) is 23.0 Å². The van der Waals surface area contributed by atoms with Crippen molar-refractivity contribution in [2.24, 2.45) is 0 Å². The molecule has 1 aromatic heterocycles. The van der Waals surface area contributed by atoms with Crippen molar-refractivity contribution in [3.63, 3.8) is 0 Å². The van der Waals surface area contributed by atoms with Crippen molar-refractivity contribution in [2.75, 3.05) is 6.61 Å². The largest absolute Gasteiger partial charge is 0.448 e. The number of aromatic nitrogens is 2. The van der Waals surface area contributed by atoms with Crippen LogP contribution < -0.4 is 0 Å². The van der Waals surface area contributed by atoms with Gasteiger partial charge in [-0.25, -0.2) is 4.79 Å². The van der Waals surface area contributed by atoms with E-state index in [1.165, 1.54) is 12.1 Å². The fourth-order valence-corrected chi connectivity index (χ4v) is 1.88. The number of nitrogens with zero attached hydrogens (tertiary/aromatic N) is 2. The third-order valence-corrected chi connectivity index (χ3v) is 2.98. The second kappa shape index (κ2) is 6.64. The van der Waals surface area contributed by atoms with Gasteiger partial charge in [-0.15, -0.1) is 0 Å². The second-order valence-corrected chi connectivity index (χ2v) is 4.67. The Kier molecular flexibility index (Phi) is 4.85. The first-order valence-corrected chi connectivity index (χ1v) is 6.83. The van der Waals surface area contributed by atoms with E-state index in [1.54, 1.807) is 18.2 Å². The molecular formula is C15H15F3N2O2. The molecule has 0 aliphatic rings. The van der Waals surface area contributed by atoms with E-state index < -0.39 is 18.0 Å². The zero-order valence-corrected chi connectivity index (χ0v) is 11.9. The highest BCUT2D eigenvalue weighted by Gasteiger charge is 2.38. The molecule has 0 bridgehead atoms. The molecule has 0 saturated carbocycles. The maximum absolute atomic E-state index is 13.1. The van der Waals surface area contributed by atoms with E-state index in [-0.39, 0.29) is 12.2 Å². The lowest BCUT2D eigenvalue weighted by atomic mass is 10.1. The molecule has 2 aromatic rings. The summed E-state index contributed by atoms with van der Waals surface area (Å²) in [5.41, 5.74) is -0.922. The predicted molar refractivity (Wildman–Crippen MR) is 74.3 cm³/mol. The standard InChI is InChI=1S/C15H15F3N2O2/c1-2-3-9-22-14(21)20-10-12(11-7-5-4-6-8-11)13(19-20)15(16,17)18/h4-8,10H,2-3,9H2,1H3. The van der Waals surface area contributed by atoms with Crippen molar-refractivity contribution < 1.29 is 22.7 Å². The number of alkyl halides is 3. The maximum atomic E-state index is 13.1. The van der Waals surface area contributed by atoms with Gasteiger partial charge in [0.1, 0.15) is 0 Å². The highest BCUT2D eigenvalue weighted by Crippen LogP contribution is 2.35. The molecule has 22 heavy (non-hydrogen) atoms. The van der Waals surface area contributed by atoms with Crippen LogP contribution in [0.5, 0.6) is 0 Å². The first-order chi connectivity index (χ1) is 10.4. The molecule has 0 unspecified atom stereocenters. The SMILES string of the molecule is CCCCOC(=O)n1cc(-c2ccccc2)c(C(F)(F)F)n1. The third kappa shape index (κ3) is 3.66. The average molecular weight is 312 g/mol. The summed E-state index contributed by atoms with van der Waals surface area (Å²) in [7, 11) is 0. The average Bonchev–Trinajstić information content (AvgIpc) is 2.94. The van der Waals surface area contributed by atoms with Crippen LogP contribution in [0.3, 0.4) is 0 Å². The Bertz CT molecular complexity index is 636. The molecule has 1 heterocycles. The zero-order valence-electron chi connectivity index (χ0n) is 11.9. The summed E-state index contributed by atoms with van der Waals surface area (Å²) in [6, 6.07) is 7.98. The van der Waals surface area contributed by atoms with Crippen molar-refractivity contribution in [3.8, 4) is 11.1 Å². The highest BCUT2D eigenvalue weighted by molar-refractivity contribution is 5.74. The van der Waals surface area contributed by atoms with Gasteiger partial charge in [-0.3, -0.25) is 0 Å². The Morgan fingerprint density at radius 2 is 1.95 bits per heavy atom. The van der Waals surface area contributed by atoms with Gasteiger partial charge in [0.05, 0.1) is 6.61 Å². The number of benzene rings is 1. The van der Waals surface area contributed by atoms with E-state index >= 15 is 0 Å². The minimum Gasteiger partial charge on any atom is -0.448 e. The van der Waals surface area contributed by atoms with Gasteiger partial charge in [-0.1, -0.05) is 43.7 Å². The lowest BCUT2D eigenvalue weighted by Gasteiger charge is -2.05. The maximum Gasteiger partial charge on any atom is 0.435 e. The Morgan fingerprint density at radius 1 is 1.27 bits per heavy atom. The predicted octanol–water partition coefficient (Wildman–Crippen LogP) is 4.35. The van der Waals surface area contributed by atoms with E-state index in [0.29, 0.717) is 16.7 Å². The number of rotatable bonds is 4. The van der Waals surface area contributed by atoms with Gasteiger partial charge in [0, 0.05) is 11.8 Å². The van der Waals surface area contributed by atoms with E-state index in [1.807, 2.05) is 6.92 Å². The molecule has 0 aliphatic carbocycles. The molecule has 0 N–H and O–H groups in total. The first-order valence-electron chi connectivity index (χ1n) is 6.83. The van der Waals surface area contributed by atoms with Crippen molar-refractivity contribution in [1.29, 1.82) is 0 Å². The summed E-state index contributed by atoms with van der Waals surface area (Å²) in [6.45, 7) is 2.06. The molecule has 7 heteroatoms. The fraction of sp³-hybridized carbons (Fsp3) is 0.333. The number of carbonyl (C=O) groups is 1. The Balaban J connectivity index is 2.35. The van der Waals surface area contributed by atoms with E-state index in [0.717, 1.165) is 12.6 Å². The van der Waals surface area contributed by atoms with Crippen LogP contribution in [-0.2, 0) is 10.9 Å². The minimum atomic E-state index is -4.65. The topological polar surface area (TPSA) is 44.1 Å². The number of halogens is 3. The Labute approximate surface area is 125 Å². The number of ether oxygens (including phenoxy) is 1. The molecular weight excluding hydrogens is 297 g/mol. The summed E-state index contributed by atoms with van der Waals surface area (Å²) in [6.07, 6.45) is -3.06. The Hall–Kier alpha value is -2.31. The van der Waals surface area contributed by atoms with E-state index in [2.05, 4.69) is 5.10 Å². The summed E-state index contributed by atoms with van der Waals surface area (Å²) in [5, 5.41) is 3.35. The highest BCUT2D eigenvalue weighted by atomic mass is 19.4. The van der Waals surface area contributed by atoms with Gasteiger partial charge in [0.15, 0.2) is 5.69 Å². The van der Waals surface area contributed by atoms with Crippen molar-refractivity contribution in [3.05, 3.63) is 42.2 Å². The van der Waals surface area contributed by atoms with Crippen LogP contribution >= 0.6 is 0 Å². The molecule has 0 aliphatic heterocycles. The molecule has 2 rings (SSSR count). The van der Waals surface area contributed by atoms with Crippen molar-refractivity contribution >= 4 is 6.09 Å². The van der Waals surface area contributed by atoms with Crippen LogP contribution in [0.2, 0.25) is 0 Å². The molecule has 0 fully saturated rings. The summed E-state index contributed by atoms with van der Waals surface area (Å²) in [4.78, 5) is 11.8. The third-order valence-electron chi connectivity index (χ3n) is 2.98. The van der Waals surface area contributed by atoms with E-state index in [9.17, 15) is 18.0 Å². The molecule has 0 saturated heterocycles. The van der Waals surface area contributed by atoms with Gasteiger partial charge < -0.3 is 4.74 Å². The quantitative estimate of drug-likeness (QED) is 0.788. The minimum absolute atomic E-state index is 0.150. The number of hydrogen-bond donors (Lipinski definition) is 0. The molecule has 4 nitrogen and oxygen atoms in total. The summed E-state index contributed by atoms with van der Waals surface area (Å²) in [5.74, 6) is 0. The second-order valence-electron chi connectivity index (χ2n) is 4.67. The van der Waals surface area contributed by atoms with Crippen LogP contribution in [0, 0.1) is 0 Å². The summed E-state index contributed by atoms with van der Waals surface area (Å²) < 4.78 is 44.7. The monoisotopic (exact) mass is 312 g/mol. The number of carbonyl (C=O) groups excluding carboxylic acids is 1. The summed E-state index contributed by atoms with van der Waals surface area (Å²) >= 11 is 0. The smallest absolute Gasteiger partial charge is 0.435 e. The molecule has 0 radical (unpaired) electrons. The lowest BCUT2D eigenvalue weighted by molar-refractivity contribution is -0.140. The van der Waals surface area contributed by atoms with Crippen LogP contribution in [0.25, 0.3) is 11.1 Å². The number of hydrogen-bond acceptors (Lipinski definition) is 3. The zero-order chi connectivity index (χ0) is 16.2.